The van der Waals surface area contributed by atoms with Gasteiger partial charge in [0.05, 0.1) is 12.2 Å². The fourth-order valence-corrected chi connectivity index (χ4v) is 8.26. The normalized spacial score (nSPS) is 21.7. The Hall–Kier alpha value is -4.20. The molecule has 234 valence electrons. The molecule has 2 unspecified atom stereocenters. The van der Waals surface area contributed by atoms with Crippen molar-refractivity contribution in [2.75, 3.05) is 38.2 Å². The number of likely N-dealkylation sites (N-methyl/N-ethyl adjacent to an activating group) is 1. The zero-order valence-corrected chi connectivity index (χ0v) is 26.9. The first-order valence-corrected chi connectivity index (χ1v) is 17.1. The number of benzene rings is 3. The molecule has 4 aliphatic rings. The molecule has 3 fully saturated rings. The Kier molecular flexibility index (Phi) is 6.86. The summed E-state index contributed by atoms with van der Waals surface area (Å²) >= 11 is 0. The van der Waals surface area contributed by atoms with Gasteiger partial charge in [-0.25, -0.2) is 9.97 Å². The van der Waals surface area contributed by atoms with Gasteiger partial charge >= 0.3 is 0 Å². The van der Waals surface area contributed by atoms with Gasteiger partial charge in [-0.2, -0.15) is 0 Å². The number of aromatic amines is 1. The number of piperazine rings is 1. The number of aromatic nitrogens is 3. The molecule has 0 radical (unpaired) electrons. The van der Waals surface area contributed by atoms with Crippen molar-refractivity contribution in [3.05, 3.63) is 95.3 Å². The average Bonchev–Trinajstić information content (AvgIpc) is 3.82. The highest BCUT2D eigenvalue weighted by Crippen LogP contribution is 2.43. The Labute approximate surface area is 271 Å². The molecule has 0 spiro atoms. The van der Waals surface area contributed by atoms with Gasteiger partial charge in [-0.05, 0) is 86.0 Å². The molecule has 7 heteroatoms. The van der Waals surface area contributed by atoms with Gasteiger partial charge in [-0.1, -0.05) is 48.5 Å². The van der Waals surface area contributed by atoms with Crippen LogP contribution >= 0.6 is 0 Å². The summed E-state index contributed by atoms with van der Waals surface area (Å²) in [5, 5.41) is 1.05. The van der Waals surface area contributed by atoms with E-state index in [-0.39, 0.29) is 0 Å². The zero-order valence-electron chi connectivity index (χ0n) is 26.9. The molecule has 46 heavy (non-hydrogen) atoms. The first-order chi connectivity index (χ1) is 22.6. The van der Waals surface area contributed by atoms with E-state index < -0.39 is 0 Å². The van der Waals surface area contributed by atoms with E-state index in [1.807, 2.05) is 0 Å². The summed E-state index contributed by atoms with van der Waals surface area (Å²) in [6.07, 6.45) is 6.95. The third kappa shape index (κ3) is 5.06. The second-order valence-electron chi connectivity index (χ2n) is 14.0. The quantitative estimate of drug-likeness (QED) is 0.220. The smallest absolute Gasteiger partial charge is 0.141 e. The van der Waals surface area contributed by atoms with Crippen molar-refractivity contribution in [2.24, 2.45) is 0 Å². The number of ether oxygens (including phenoxy) is 1. The first-order valence-electron chi connectivity index (χ1n) is 17.1. The van der Waals surface area contributed by atoms with Gasteiger partial charge in [0.2, 0.25) is 0 Å². The minimum absolute atomic E-state index is 0.680. The molecule has 5 aromatic rings. The van der Waals surface area contributed by atoms with Crippen LogP contribution in [0, 0.1) is 6.92 Å². The lowest BCUT2D eigenvalue weighted by Gasteiger charge is -2.39. The van der Waals surface area contributed by atoms with Crippen LogP contribution in [0.4, 0.5) is 5.69 Å². The first kappa shape index (κ1) is 28.1. The molecular formula is C39H42N6O. The number of nitrogens with zero attached hydrogens (tertiary/aromatic N) is 5. The molecule has 2 bridgehead atoms. The predicted molar refractivity (Wildman–Crippen MR) is 184 cm³/mol. The maximum atomic E-state index is 6.27. The Balaban J connectivity index is 0.981. The van der Waals surface area contributed by atoms with Crippen molar-refractivity contribution < 1.29 is 4.74 Å². The van der Waals surface area contributed by atoms with Gasteiger partial charge in [-0.3, -0.25) is 4.90 Å². The van der Waals surface area contributed by atoms with Crippen LogP contribution in [0.1, 0.15) is 53.9 Å². The van der Waals surface area contributed by atoms with Crippen LogP contribution in [-0.2, 0) is 13.1 Å². The molecule has 3 aromatic carbocycles. The average molecular weight is 611 g/mol. The van der Waals surface area contributed by atoms with Gasteiger partial charge in [0.25, 0.3) is 0 Å². The van der Waals surface area contributed by atoms with Crippen molar-refractivity contribution in [3.8, 4) is 28.3 Å². The number of anilines is 1. The topological polar surface area (TPSA) is 60.5 Å². The number of H-pyrrole nitrogens is 1. The molecule has 2 saturated heterocycles. The van der Waals surface area contributed by atoms with E-state index in [0.717, 1.165) is 59.3 Å². The molecule has 9 rings (SSSR count). The molecule has 2 aromatic heterocycles. The Morgan fingerprint density at radius 2 is 1.74 bits per heavy atom. The van der Waals surface area contributed by atoms with E-state index in [0.29, 0.717) is 18.7 Å². The molecule has 0 amide bonds. The molecule has 1 N–H and O–H groups in total. The van der Waals surface area contributed by atoms with Gasteiger partial charge in [0.15, 0.2) is 0 Å². The summed E-state index contributed by atoms with van der Waals surface area (Å²) in [5.74, 6) is 1.78. The Morgan fingerprint density at radius 3 is 2.54 bits per heavy atom. The lowest BCUT2D eigenvalue weighted by Crippen LogP contribution is -2.51. The van der Waals surface area contributed by atoms with Crippen molar-refractivity contribution >= 4 is 16.7 Å². The van der Waals surface area contributed by atoms with Crippen LogP contribution in [0.5, 0.6) is 5.75 Å². The van der Waals surface area contributed by atoms with Crippen molar-refractivity contribution in [1.82, 2.24) is 24.8 Å². The van der Waals surface area contributed by atoms with E-state index >= 15 is 0 Å². The van der Waals surface area contributed by atoms with Gasteiger partial charge in [0, 0.05) is 66.2 Å². The molecule has 2 atom stereocenters. The molecular weight excluding hydrogens is 568 g/mol. The molecule has 7 nitrogen and oxygen atoms in total. The largest absolute Gasteiger partial charge is 0.491 e. The van der Waals surface area contributed by atoms with E-state index in [1.54, 1.807) is 6.33 Å². The van der Waals surface area contributed by atoms with Crippen molar-refractivity contribution in [2.45, 2.75) is 63.7 Å². The van der Waals surface area contributed by atoms with Crippen molar-refractivity contribution in [1.29, 1.82) is 0 Å². The maximum absolute atomic E-state index is 6.27. The second-order valence-corrected chi connectivity index (χ2v) is 14.0. The maximum Gasteiger partial charge on any atom is 0.141 e. The lowest BCUT2D eigenvalue weighted by atomic mass is 10.00. The van der Waals surface area contributed by atoms with E-state index in [9.17, 15) is 0 Å². The highest BCUT2D eigenvalue weighted by molar-refractivity contribution is 5.95. The Morgan fingerprint density at radius 1 is 0.913 bits per heavy atom. The summed E-state index contributed by atoms with van der Waals surface area (Å²) in [6.45, 7) is 8.01. The number of nitrogens with one attached hydrogen (secondary N) is 1. The third-order valence-electron chi connectivity index (χ3n) is 10.9. The van der Waals surface area contributed by atoms with E-state index in [4.69, 9.17) is 9.72 Å². The second kappa shape index (κ2) is 11.2. The monoisotopic (exact) mass is 610 g/mol. The summed E-state index contributed by atoms with van der Waals surface area (Å²) in [4.78, 5) is 20.8. The fourth-order valence-electron chi connectivity index (χ4n) is 8.26. The van der Waals surface area contributed by atoms with Crippen molar-refractivity contribution in [3.63, 3.8) is 0 Å². The van der Waals surface area contributed by atoms with Crippen LogP contribution in [-0.4, -0.2) is 70.1 Å². The molecule has 5 heterocycles. The van der Waals surface area contributed by atoms with Crippen LogP contribution < -0.4 is 9.64 Å². The highest BCUT2D eigenvalue weighted by atomic mass is 16.5. The summed E-state index contributed by atoms with van der Waals surface area (Å²) < 4.78 is 6.27. The molecule has 3 aliphatic heterocycles. The van der Waals surface area contributed by atoms with Crippen LogP contribution in [0.25, 0.3) is 33.5 Å². The number of rotatable bonds is 6. The molecule has 1 saturated carbocycles. The Bertz CT molecular complexity index is 1900. The third-order valence-corrected chi connectivity index (χ3v) is 10.9. The number of hydrogen-bond donors (Lipinski definition) is 1. The summed E-state index contributed by atoms with van der Waals surface area (Å²) in [7, 11) is 2.26. The van der Waals surface area contributed by atoms with E-state index in [1.165, 1.54) is 72.3 Å². The minimum atomic E-state index is 0.680. The van der Waals surface area contributed by atoms with Crippen LogP contribution in [0.15, 0.2) is 73.1 Å². The fraction of sp³-hybridized carbons (Fsp3) is 0.385. The SMILES string of the molecule is Cc1c(-c2ncnc3[nH]c(-c4ccc(CN5C6CCC5CN(C)C6)cc4)cc23)cccc1N1CCOc2cc(C3CC3)ccc2C1. The van der Waals surface area contributed by atoms with Gasteiger partial charge in [-0.15, -0.1) is 0 Å². The molecule has 1 aliphatic carbocycles. The minimum Gasteiger partial charge on any atom is -0.491 e. The predicted octanol–water partition coefficient (Wildman–Crippen LogP) is 7.16. The number of likely N-dealkylation sites (tertiary alicyclic amines) is 1. The van der Waals surface area contributed by atoms with Gasteiger partial charge < -0.3 is 19.5 Å². The van der Waals surface area contributed by atoms with Gasteiger partial charge in [0.1, 0.15) is 24.3 Å². The van der Waals surface area contributed by atoms with Crippen LogP contribution in [0.3, 0.4) is 0 Å². The summed E-state index contributed by atoms with van der Waals surface area (Å²) in [5.41, 5.74) is 11.8. The van der Waals surface area contributed by atoms with Crippen LogP contribution in [0.2, 0.25) is 0 Å². The highest BCUT2D eigenvalue weighted by Gasteiger charge is 2.38. The zero-order chi connectivity index (χ0) is 30.8. The number of fused-ring (bicyclic) bond motifs is 4. The standard InChI is InChI=1S/C39H42N6O/c1-25-33(4-3-5-36(25)44-16-17-46-37-18-29(27-10-11-27)12-13-30(37)21-44)38-34-19-35(42-39(34)41-24-40-38)28-8-6-26(7-9-28)20-45-31-14-15-32(45)23-43(2)22-31/h3-9,12-13,18-19,24,27,31-32H,10-11,14-17,20-23H2,1-2H3,(H,40,41,42). The van der Waals surface area contributed by atoms with E-state index in [2.05, 4.69) is 105 Å². The number of hydrogen-bond acceptors (Lipinski definition) is 6. The summed E-state index contributed by atoms with van der Waals surface area (Å²) in [6, 6.07) is 26.2. The lowest BCUT2D eigenvalue weighted by molar-refractivity contribution is 0.0760.